The lowest BCUT2D eigenvalue weighted by molar-refractivity contribution is -0.130. The normalized spacial score (nSPS) is 15.6. The number of nitrogens with zero attached hydrogens (tertiary/aromatic N) is 4. The number of hydrogen-bond donors (Lipinski definition) is 1. The molecule has 0 saturated carbocycles. The monoisotopic (exact) mass is 541 g/mol. The van der Waals surface area contributed by atoms with Gasteiger partial charge < -0.3 is 9.80 Å². The second-order valence-electron chi connectivity index (χ2n) is 8.44. The highest BCUT2D eigenvalue weighted by Gasteiger charge is 2.31. The molecule has 188 valence electrons. The summed E-state index contributed by atoms with van der Waals surface area (Å²) in [5.74, 6) is -0.360. The van der Waals surface area contributed by atoms with Gasteiger partial charge in [-0.3, -0.25) is 19.7 Å². The minimum atomic E-state index is -0.241. The van der Waals surface area contributed by atoms with E-state index in [0.29, 0.717) is 35.9 Å². The predicted molar refractivity (Wildman–Crippen MR) is 144 cm³/mol. The van der Waals surface area contributed by atoms with Crippen molar-refractivity contribution in [3.63, 3.8) is 0 Å². The minimum absolute atomic E-state index is 0.0245. The first-order chi connectivity index (χ1) is 17.3. The molecule has 11 heteroatoms. The molecule has 2 aromatic heterocycles. The molecule has 0 aliphatic carbocycles. The van der Waals surface area contributed by atoms with Crippen LogP contribution in [-0.2, 0) is 4.79 Å². The zero-order valence-corrected chi connectivity index (χ0v) is 22.8. The highest BCUT2D eigenvalue weighted by atomic mass is 32.2. The van der Waals surface area contributed by atoms with Gasteiger partial charge in [0.2, 0.25) is 5.91 Å². The SMILES string of the molecule is C=CC(=O)N1CCN(C(=O)c2cc(Sc3cnc(NC(=O)c4cnsc4)s3)c(C)cc2C)C[C@H]1CC. The molecule has 3 amide bonds. The number of nitrogens with one attached hydrogen (secondary N) is 1. The Kier molecular flexibility index (Phi) is 8.22. The third kappa shape index (κ3) is 5.69. The summed E-state index contributed by atoms with van der Waals surface area (Å²) in [6.07, 6.45) is 5.35. The van der Waals surface area contributed by atoms with Crippen molar-refractivity contribution in [1.82, 2.24) is 19.2 Å². The summed E-state index contributed by atoms with van der Waals surface area (Å²) in [6.45, 7) is 11.1. The number of amides is 3. The van der Waals surface area contributed by atoms with Crippen molar-refractivity contribution in [2.75, 3.05) is 25.0 Å². The molecule has 1 aliphatic rings. The van der Waals surface area contributed by atoms with Crippen molar-refractivity contribution >= 4 is 57.5 Å². The minimum Gasteiger partial charge on any atom is -0.335 e. The van der Waals surface area contributed by atoms with Gasteiger partial charge in [-0.2, -0.15) is 0 Å². The summed E-state index contributed by atoms with van der Waals surface area (Å²) in [6, 6.07) is 3.94. The van der Waals surface area contributed by atoms with Gasteiger partial charge in [0.25, 0.3) is 11.8 Å². The number of anilines is 1. The lowest BCUT2D eigenvalue weighted by atomic mass is 10.0. The summed E-state index contributed by atoms with van der Waals surface area (Å²) >= 11 is 4.12. The van der Waals surface area contributed by atoms with Crippen molar-refractivity contribution in [2.24, 2.45) is 0 Å². The number of aromatic nitrogens is 2. The molecule has 1 aromatic carbocycles. The molecule has 1 atom stereocenters. The van der Waals surface area contributed by atoms with Crippen LogP contribution in [0.1, 0.15) is 45.2 Å². The standard InChI is InChI=1S/C25H27N5O3S3/c1-5-18-13-29(7-8-30(18)21(31)6-2)24(33)19-10-20(16(4)9-15(19)3)35-22-12-26-25(36-22)28-23(32)17-11-27-34-14-17/h6,9-12,14,18H,2,5,7-8,13H2,1,3-4H3,(H,26,28,32)/t18-/m1/s1. The van der Waals surface area contributed by atoms with Gasteiger partial charge in [-0.25, -0.2) is 9.36 Å². The van der Waals surface area contributed by atoms with Crippen LogP contribution >= 0.6 is 34.6 Å². The average molecular weight is 542 g/mol. The second kappa shape index (κ2) is 11.4. The zero-order chi connectivity index (χ0) is 25.8. The molecule has 3 heterocycles. The number of aryl methyl sites for hydroxylation is 2. The highest BCUT2D eigenvalue weighted by molar-refractivity contribution is 8.01. The average Bonchev–Trinajstić information content (AvgIpc) is 3.57. The number of piperazine rings is 1. The van der Waals surface area contributed by atoms with E-state index in [9.17, 15) is 14.4 Å². The Bertz CT molecular complexity index is 1290. The van der Waals surface area contributed by atoms with E-state index in [1.54, 1.807) is 16.5 Å². The summed E-state index contributed by atoms with van der Waals surface area (Å²) in [4.78, 5) is 46.9. The first-order valence-corrected chi connectivity index (χ1v) is 14.0. The Hall–Kier alpha value is -3.02. The van der Waals surface area contributed by atoms with Gasteiger partial charge in [0, 0.05) is 41.5 Å². The molecule has 4 rings (SSSR count). The molecule has 0 radical (unpaired) electrons. The maximum atomic E-state index is 13.5. The third-order valence-corrected chi connectivity index (χ3v) is 8.82. The van der Waals surface area contributed by atoms with Gasteiger partial charge in [0.15, 0.2) is 5.13 Å². The van der Waals surface area contributed by atoms with Crippen LogP contribution in [0, 0.1) is 13.8 Å². The van der Waals surface area contributed by atoms with Gasteiger partial charge in [-0.15, -0.1) is 0 Å². The molecule has 1 N–H and O–H groups in total. The Labute approximate surface area is 222 Å². The number of hydrogen-bond acceptors (Lipinski definition) is 8. The maximum absolute atomic E-state index is 13.5. The van der Waals surface area contributed by atoms with E-state index >= 15 is 0 Å². The Morgan fingerprint density at radius 2 is 2.03 bits per heavy atom. The van der Waals surface area contributed by atoms with Crippen LogP contribution in [0.4, 0.5) is 5.13 Å². The number of thiazole rings is 1. The third-order valence-electron chi connectivity index (χ3n) is 6.06. The van der Waals surface area contributed by atoms with Crippen molar-refractivity contribution in [3.8, 4) is 0 Å². The number of carbonyl (C=O) groups is 3. The van der Waals surface area contributed by atoms with Crippen molar-refractivity contribution < 1.29 is 14.4 Å². The smallest absolute Gasteiger partial charge is 0.259 e. The fourth-order valence-electron chi connectivity index (χ4n) is 4.10. The maximum Gasteiger partial charge on any atom is 0.259 e. The topological polar surface area (TPSA) is 95.5 Å². The molecule has 36 heavy (non-hydrogen) atoms. The molecule has 3 aromatic rings. The van der Waals surface area contributed by atoms with Gasteiger partial charge in [-0.05, 0) is 55.1 Å². The predicted octanol–water partition coefficient (Wildman–Crippen LogP) is 4.87. The molecule has 0 unspecified atom stereocenters. The van der Waals surface area contributed by atoms with Crippen molar-refractivity contribution in [2.45, 2.75) is 42.3 Å². The first-order valence-electron chi connectivity index (χ1n) is 11.5. The quantitative estimate of drug-likeness (QED) is 0.429. The molecule has 1 aliphatic heterocycles. The lowest BCUT2D eigenvalue weighted by Gasteiger charge is -2.41. The fourth-order valence-corrected chi connectivity index (χ4v) is 6.55. The van der Waals surface area contributed by atoms with Gasteiger partial charge >= 0.3 is 0 Å². The summed E-state index contributed by atoms with van der Waals surface area (Å²) in [7, 11) is 0. The molecule has 0 bridgehead atoms. The van der Waals surface area contributed by atoms with Crippen molar-refractivity contribution in [1.29, 1.82) is 0 Å². The van der Waals surface area contributed by atoms with E-state index in [1.165, 1.54) is 46.9 Å². The molecule has 0 spiro atoms. The lowest BCUT2D eigenvalue weighted by Crippen LogP contribution is -2.56. The van der Waals surface area contributed by atoms with Gasteiger partial charge in [0.05, 0.1) is 22.2 Å². The van der Waals surface area contributed by atoms with Crippen LogP contribution in [0.25, 0.3) is 0 Å². The molecule has 1 saturated heterocycles. The van der Waals surface area contributed by atoms with E-state index < -0.39 is 0 Å². The number of rotatable bonds is 7. The fraction of sp³-hybridized carbons (Fsp3) is 0.320. The molecule has 8 nitrogen and oxygen atoms in total. The molecular formula is C25H27N5O3S3. The van der Waals surface area contributed by atoms with Crippen LogP contribution in [-0.4, -0.2) is 62.6 Å². The van der Waals surface area contributed by atoms with Gasteiger partial charge in [0.1, 0.15) is 0 Å². The number of benzene rings is 1. The van der Waals surface area contributed by atoms with E-state index in [1.807, 2.05) is 37.8 Å². The van der Waals surface area contributed by atoms with Crippen LogP contribution in [0.5, 0.6) is 0 Å². The summed E-state index contributed by atoms with van der Waals surface area (Å²) < 4.78 is 4.85. The Balaban J connectivity index is 1.48. The second-order valence-corrected chi connectivity index (χ2v) is 11.5. The van der Waals surface area contributed by atoms with Crippen LogP contribution in [0.15, 0.2) is 51.7 Å². The van der Waals surface area contributed by atoms with E-state index in [4.69, 9.17) is 0 Å². The van der Waals surface area contributed by atoms with E-state index in [-0.39, 0.29) is 23.8 Å². The molecule has 1 fully saturated rings. The largest absolute Gasteiger partial charge is 0.335 e. The Morgan fingerprint density at radius 1 is 1.22 bits per heavy atom. The van der Waals surface area contributed by atoms with Crippen LogP contribution < -0.4 is 5.32 Å². The highest BCUT2D eigenvalue weighted by Crippen LogP contribution is 2.37. The Morgan fingerprint density at radius 3 is 2.72 bits per heavy atom. The van der Waals surface area contributed by atoms with Crippen molar-refractivity contribution in [3.05, 3.63) is 64.8 Å². The van der Waals surface area contributed by atoms with Crippen LogP contribution in [0.2, 0.25) is 0 Å². The van der Waals surface area contributed by atoms with E-state index in [2.05, 4.69) is 21.3 Å². The van der Waals surface area contributed by atoms with E-state index in [0.717, 1.165) is 26.7 Å². The number of carbonyl (C=O) groups excluding carboxylic acids is 3. The summed E-state index contributed by atoms with van der Waals surface area (Å²) in [5, 5.41) is 4.99. The van der Waals surface area contributed by atoms with Crippen LogP contribution in [0.3, 0.4) is 0 Å². The van der Waals surface area contributed by atoms with Gasteiger partial charge in [-0.1, -0.05) is 42.7 Å². The first kappa shape index (κ1) is 26.1. The summed E-state index contributed by atoms with van der Waals surface area (Å²) in [5.41, 5.74) is 3.14. The zero-order valence-electron chi connectivity index (χ0n) is 20.3. The molecular weight excluding hydrogens is 515 g/mol.